The van der Waals surface area contributed by atoms with E-state index in [2.05, 4.69) is 13.2 Å². The summed E-state index contributed by atoms with van der Waals surface area (Å²) < 4.78 is 0. The number of halogens is 2. The first-order valence-corrected chi connectivity index (χ1v) is 5.75. The van der Waals surface area contributed by atoms with Crippen molar-refractivity contribution in [2.75, 3.05) is 23.8 Å². The fourth-order valence-corrected chi connectivity index (χ4v) is 1.77. The molecule has 0 heterocycles. The average molecular weight is 201 g/mol. The molecule has 0 aliphatic heterocycles. The molecule has 0 saturated heterocycles. The van der Waals surface area contributed by atoms with Gasteiger partial charge >= 0.3 is 0 Å². The monoisotopic (exact) mass is 200 g/mol. The molecule has 0 aromatic rings. The summed E-state index contributed by atoms with van der Waals surface area (Å²) in [5.41, 5.74) is 0.145. The third-order valence-corrected chi connectivity index (χ3v) is 3.46. The highest BCUT2D eigenvalue weighted by atomic mass is 35.5. The van der Waals surface area contributed by atoms with Crippen LogP contribution in [-0.2, 0) is 0 Å². The second-order valence-corrected chi connectivity index (χ2v) is 4.34. The van der Waals surface area contributed by atoms with Crippen LogP contribution in [0.5, 0.6) is 0 Å². The van der Waals surface area contributed by atoms with E-state index in [0.29, 0.717) is 11.8 Å². The van der Waals surface area contributed by atoms with E-state index < -0.39 is 0 Å². The zero-order valence-electron chi connectivity index (χ0n) is 6.49. The van der Waals surface area contributed by atoms with Gasteiger partial charge in [0.05, 0.1) is 0 Å². The molecular formula is C7H14Cl2S. The Balaban J connectivity index is 3.58. The van der Waals surface area contributed by atoms with Gasteiger partial charge in [0.1, 0.15) is 0 Å². The molecule has 0 aliphatic carbocycles. The minimum atomic E-state index is 0.145. The van der Waals surface area contributed by atoms with E-state index in [-0.39, 0.29) is 5.41 Å². The zero-order chi connectivity index (χ0) is 8.04. The third kappa shape index (κ3) is 3.95. The molecule has 0 aliphatic rings. The summed E-state index contributed by atoms with van der Waals surface area (Å²) in [5.74, 6) is 2.48. The van der Waals surface area contributed by atoms with Crippen LogP contribution in [0, 0.1) is 5.41 Å². The SMILES string of the molecule is CSCCC(C)(CCl)CCl. The summed E-state index contributed by atoms with van der Waals surface area (Å²) in [5, 5.41) is 0. The minimum absolute atomic E-state index is 0.145. The van der Waals surface area contributed by atoms with Crippen molar-refractivity contribution in [3.8, 4) is 0 Å². The second-order valence-electron chi connectivity index (χ2n) is 2.82. The minimum Gasteiger partial charge on any atom is -0.165 e. The maximum Gasteiger partial charge on any atom is 0.0289 e. The van der Waals surface area contributed by atoms with Crippen molar-refractivity contribution in [1.82, 2.24) is 0 Å². The van der Waals surface area contributed by atoms with E-state index in [1.807, 2.05) is 11.8 Å². The average Bonchev–Trinajstić information content (AvgIpc) is 2.00. The lowest BCUT2D eigenvalue weighted by molar-refractivity contribution is 0.415. The van der Waals surface area contributed by atoms with Gasteiger partial charge in [-0.2, -0.15) is 11.8 Å². The van der Waals surface area contributed by atoms with Crippen LogP contribution in [0.15, 0.2) is 0 Å². The van der Waals surface area contributed by atoms with E-state index in [9.17, 15) is 0 Å². The maximum atomic E-state index is 5.75. The van der Waals surface area contributed by atoms with E-state index in [1.165, 1.54) is 0 Å². The quantitative estimate of drug-likeness (QED) is 0.615. The maximum absolute atomic E-state index is 5.75. The van der Waals surface area contributed by atoms with E-state index in [1.54, 1.807) is 0 Å². The third-order valence-electron chi connectivity index (χ3n) is 1.55. The molecule has 10 heavy (non-hydrogen) atoms. The Morgan fingerprint density at radius 2 is 1.80 bits per heavy atom. The molecule has 0 unspecified atom stereocenters. The lowest BCUT2D eigenvalue weighted by Crippen LogP contribution is -2.21. The smallest absolute Gasteiger partial charge is 0.0289 e. The normalized spacial score (nSPS) is 12.0. The molecular weight excluding hydrogens is 187 g/mol. The summed E-state index contributed by atoms with van der Waals surface area (Å²) in [7, 11) is 0. The van der Waals surface area contributed by atoms with Crippen LogP contribution in [0.3, 0.4) is 0 Å². The fourth-order valence-electron chi connectivity index (χ4n) is 0.518. The first kappa shape index (κ1) is 10.9. The molecule has 0 saturated carbocycles. The van der Waals surface area contributed by atoms with E-state index in [0.717, 1.165) is 12.2 Å². The van der Waals surface area contributed by atoms with Crippen molar-refractivity contribution in [3.05, 3.63) is 0 Å². The second kappa shape index (κ2) is 5.56. The van der Waals surface area contributed by atoms with Crippen molar-refractivity contribution >= 4 is 35.0 Å². The van der Waals surface area contributed by atoms with Gasteiger partial charge in [0, 0.05) is 11.8 Å². The van der Waals surface area contributed by atoms with Gasteiger partial charge in [-0.3, -0.25) is 0 Å². The van der Waals surface area contributed by atoms with Gasteiger partial charge in [-0.15, -0.1) is 23.2 Å². The van der Waals surface area contributed by atoms with Crippen molar-refractivity contribution in [2.24, 2.45) is 5.41 Å². The molecule has 0 N–H and O–H groups in total. The Hall–Kier alpha value is 0.930. The van der Waals surface area contributed by atoms with Crippen molar-refractivity contribution in [2.45, 2.75) is 13.3 Å². The largest absolute Gasteiger partial charge is 0.165 e. The van der Waals surface area contributed by atoms with Crippen LogP contribution in [0.1, 0.15) is 13.3 Å². The van der Waals surface area contributed by atoms with Gasteiger partial charge < -0.3 is 0 Å². The summed E-state index contributed by atoms with van der Waals surface area (Å²) >= 11 is 13.3. The van der Waals surface area contributed by atoms with Crippen molar-refractivity contribution in [1.29, 1.82) is 0 Å². The molecule has 0 amide bonds. The van der Waals surface area contributed by atoms with Crippen LogP contribution >= 0.6 is 35.0 Å². The topological polar surface area (TPSA) is 0 Å². The van der Waals surface area contributed by atoms with Crippen LogP contribution in [0.4, 0.5) is 0 Å². The molecule has 0 aromatic heterocycles. The molecule has 3 heteroatoms. The van der Waals surface area contributed by atoms with Gasteiger partial charge in [0.15, 0.2) is 0 Å². The summed E-state index contributed by atoms with van der Waals surface area (Å²) in [6, 6.07) is 0. The Labute approximate surface area is 77.7 Å². The number of thioether (sulfide) groups is 1. The Bertz CT molecular complexity index is 81.7. The molecule has 0 aromatic carbocycles. The molecule has 0 spiro atoms. The number of alkyl halides is 2. The van der Waals surface area contributed by atoms with Gasteiger partial charge in [0.2, 0.25) is 0 Å². The van der Waals surface area contributed by atoms with Crippen molar-refractivity contribution < 1.29 is 0 Å². The molecule has 0 nitrogen and oxygen atoms in total. The van der Waals surface area contributed by atoms with Crippen LogP contribution in [0.25, 0.3) is 0 Å². The lowest BCUT2D eigenvalue weighted by Gasteiger charge is -2.23. The van der Waals surface area contributed by atoms with E-state index in [4.69, 9.17) is 23.2 Å². The fraction of sp³-hybridized carbons (Fsp3) is 1.00. The Morgan fingerprint density at radius 1 is 1.30 bits per heavy atom. The molecule has 62 valence electrons. The first-order chi connectivity index (χ1) is 4.68. The standard InChI is InChI=1S/C7H14Cl2S/c1-7(5-8,6-9)3-4-10-2/h3-6H2,1-2H3. The predicted octanol–water partition coefficient (Wildman–Crippen LogP) is 3.22. The number of rotatable bonds is 5. The molecule has 0 radical (unpaired) electrons. The zero-order valence-corrected chi connectivity index (χ0v) is 8.82. The Kier molecular flexibility index (Phi) is 6.08. The first-order valence-electron chi connectivity index (χ1n) is 3.29. The van der Waals surface area contributed by atoms with Crippen LogP contribution in [-0.4, -0.2) is 23.8 Å². The van der Waals surface area contributed by atoms with E-state index >= 15 is 0 Å². The summed E-state index contributed by atoms with van der Waals surface area (Å²) in [4.78, 5) is 0. The highest BCUT2D eigenvalue weighted by Crippen LogP contribution is 2.26. The van der Waals surface area contributed by atoms with Gasteiger partial charge in [-0.05, 0) is 23.8 Å². The van der Waals surface area contributed by atoms with Crippen molar-refractivity contribution in [3.63, 3.8) is 0 Å². The Morgan fingerprint density at radius 3 is 2.10 bits per heavy atom. The van der Waals surface area contributed by atoms with Gasteiger partial charge in [-0.1, -0.05) is 6.92 Å². The van der Waals surface area contributed by atoms with Gasteiger partial charge in [-0.25, -0.2) is 0 Å². The molecule has 0 bridgehead atoms. The molecule has 0 fully saturated rings. The number of hydrogen-bond donors (Lipinski definition) is 0. The predicted molar refractivity (Wildman–Crippen MR) is 52.5 cm³/mol. The molecule has 0 atom stereocenters. The summed E-state index contributed by atoms with van der Waals surface area (Å²) in [6.07, 6.45) is 3.21. The highest BCUT2D eigenvalue weighted by molar-refractivity contribution is 7.98. The van der Waals surface area contributed by atoms with Gasteiger partial charge in [0.25, 0.3) is 0 Å². The van der Waals surface area contributed by atoms with Crippen LogP contribution < -0.4 is 0 Å². The molecule has 0 rings (SSSR count). The summed E-state index contributed by atoms with van der Waals surface area (Å²) in [6.45, 7) is 2.13. The van der Waals surface area contributed by atoms with Crippen LogP contribution in [0.2, 0.25) is 0 Å². The number of hydrogen-bond acceptors (Lipinski definition) is 1. The lowest BCUT2D eigenvalue weighted by atomic mass is 9.93. The highest BCUT2D eigenvalue weighted by Gasteiger charge is 2.20.